The number of benzene rings is 3. The van der Waals surface area contributed by atoms with Crippen molar-refractivity contribution >= 4 is 28.4 Å². The molecule has 0 radical (unpaired) electrons. The Kier molecular flexibility index (Phi) is 5.12. The summed E-state index contributed by atoms with van der Waals surface area (Å²) in [5.41, 5.74) is 8.61. The molecule has 2 nitrogen and oxygen atoms in total. The fraction of sp³-hybridized carbons (Fsp3) is 0.450. The Labute approximate surface area is 249 Å². The molecule has 6 saturated carbocycles. The molecule has 0 saturated heterocycles. The highest BCUT2D eigenvalue weighted by atomic mass is 16.3. The normalized spacial score (nSPS) is 35.4. The van der Waals surface area contributed by atoms with Gasteiger partial charge < -0.3 is 9.32 Å². The second kappa shape index (κ2) is 8.88. The van der Waals surface area contributed by atoms with Gasteiger partial charge in [0.1, 0.15) is 11.3 Å². The molecule has 0 amide bonds. The number of anilines is 2. The Bertz CT molecular complexity index is 1680. The maximum absolute atomic E-state index is 6.25. The number of hydrogen-bond acceptors (Lipinski definition) is 2. The van der Waals surface area contributed by atoms with Gasteiger partial charge in [0.05, 0.1) is 6.04 Å². The predicted octanol–water partition coefficient (Wildman–Crippen LogP) is 10.2. The molecule has 1 heterocycles. The summed E-state index contributed by atoms with van der Waals surface area (Å²) in [6.45, 7) is 0. The van der Waals surface area contributed by atoms with Crippen molar-refractivity contribution in [1.82, 2.24) is 0 Å². The Hall–Kier alpha value is -3.26. The molecule has 6 unspecified atom stereocenters. The number of nitrogens with zero attached hydrogens (tertiary/aromatic N) is 1. The molecule has 7 aliphatic carbocycles. The molecule has 6 atom stereocenters. The minimum atomic E-state index is 0.245. The molecule has 11 rings (SSSR count). The molecule has 1 aromatic heterocycles. The third kappa shape index (κ3) is 3.50. The lowest BCUT2D eigenvalue weighted by molar-refractivity contribution is 0.266. The van der Waals surface area contributed by atoms with Gasteiger partial charge >= 0.3 is 0 Å². The van der Waals surface area contributed by atoms with Crippen LogP contribution in [-0.2, 0) is 11.8 Å². The maximum atomic E-state index is 6.25. The van der Waals surface area contributed by atoms with Gasteiger partial charge in [-0.1, -0.05) is 55.0 Å². The number of para-hydroxylation sites is 1. The zero-order valence-corrected chi connectivity index (χ0v) is 24.6. The Morgan fingerprint density at radius 1 is 0.714 bits per heavy atom. The van der Waals surface area contributed by atoms with E-state index in [0.29, 0.717) is 5.41 Å². The average molecular weight is 552 g/mol. The summed E-state index contributed by atoms with van der Waals surface area (Å²) in [5.74, 6) is 6.59. The Balaban J connectivity index is 1.02. The van der Waals surface area contributed by atoms with Gasteiger partial charge in [-0.3, -0.25) is 0 Å². The van der Waals surface area contributed by atoms with E-state index in [1.807, 2.05) is 0 Å². The highest BCUT2D eigenvalue weighted by Crippen LogP contribution is 2.66. The Morgan fingerprint density at radius 3 is 2.21 bits per heavy atom. The third-order valence-corrected chi connectivity index (χ3v) is 13.0. The van der Waals surface area contributed by atoms with E-state index in [1.54, 1.807) is 11.1 Å². The lowest BCUT2D eigenvalue weighted by atomic mass is 9.71. The van der Waals surface area contributed by atoms with Gasteiger partial charge in [-0.2, -0.15) is 0 Å². The summed E-state index contributed by atoms with van der Waals surface area (Å²) in [6.07, 6.45) is 18.6. The predicted molar refractivity (Wildman–Crippen MR) is 171 cm³/mol. The first-order valence-electron chi connectivity index (χ1n) is 16.9. The summed E-state index contributed by atoms with van der Waals surface area (Å²) < 4.78 is 6.25. The van der Waals surface area contributed by atoms with Gasteiger partial charge in [0.2, 0.25) is 0 Å². The summed E-state index contributed by atoms with van der Waals surface area (Å²) in [6, 6.07) is 28.5. The van der Waals surface area contributed by atoms with Crippen LogP contribution >= 0.6 is 0 Å². The second-order valence-electron chi connectivity index (χ2n) is 15.1. The number of hydrogen-bond donors (Lipinski definition) is 0. The van der Waals surface area contributed by atoms with Crippen molar-refractivity contribution in [2.45, 2.75) is 81.6 Å². The van der Waals surface area contributed by atoms with Gasteiger partial charge in [0, 0.05) is 28.7 Å². The third-order valence-electron chi connectivity index (χ3n) is 13.0. The van der Waals surface area contributed by atoms with E-state index in [-0.39, 0.29) is 6.04 Å². The average Bonchev–Trinajstić information content (AvgIpc) is 3.83. The quantitative estimate of drug-likeness (QED) is 0.245. The van der Waals surface area contributed by atoms with E-state index in [0.717, 1.165) is 53.3 Å². The maximum Gasteiger partial charge on any atom is 0.135 e. The molecule has 212 valence electrons. The van der Waals surface area contributed by atoms with Crippen LogP contribution in [0.5, 0.6) is 0 Å². The number of fused-ring (bicyclic) bond motifs is 5. The van der Waals surface area contributed by atoms with Gasteiger partial charge in [-0.25, -0.2) is 0 Å². The molecule has 0 spiro atoms. The van der Waals surface area contributed by atoms with Gasteiger partial charge in [0.25, 0.3) is 0 Å². The van der Waals surface area contributed by atoms with E-state index < -0.39 is 0 Å². The van der Waals surface area contributed by atoms with Crippen LogP contribution in [0.1, 0.15) is 86.2 Å². The van der Waals surface area contributed by atoms with Crippen LogP contribution in [0.2, 0.25) is 0 Å². The Morgan fingerprint density at radius 2 is 1.48 bits per heavy atom. The monoisotopic (exact) mass is 551 g/mol. The minimum Gasteiger partial charge on any atom is -0.456 e. The molecule has 7 aliphatic rings. The lowest BCUT2D eigenvalue weighted by Crippen LogP contribution is -2.33. The summed E-state index contributed by atoms with van der Waals surface area (Å²) in [5, 5.41) is 1.26. The zero-order chi connectivity index (χ0) is 27.4. The molecular formula is C40H41NO. The van der Waals surface area contributed by atoms with Crippen molar-refractivity contribution in [2.24, 2.45) is 29.6 Å². The first-order valence-corrected chi connectivity index (χ1v) is 16.9. The van der Waals surface area contributed by atoms with Crippen molar-refractivity contribution < 1.29 is 4.42 Å². The summed E-state index contributed by atoms with van der Waals surface area (Å²) >= 11 is 0. The van der Waals surface area contributed by atoms with Crippen molar-refractivity contribution in [2.75, 3.05) is 4.90 Å². The first kappa shape index (κ1) is 24.2. The molecule has 6 fully saturated rings. The van der Waals surface area contributed by atoms with Crippen LogP contribution in [0.25, 0.3) is 17.0 Å². The van der Waals surface area contributed by atoms with Crippen molar-refractivity contribution in [3.05, 3.63) is 101 Å². The van der Waals surface area contributed by atoms with Crippen LogP contribution in [0, 0.1) is 29.6 Å². The number of furan rings is 1. The van der Waals surface area contributed by atoms with Crippen LogP contribution in [0.4, 0.5) is 11.4 Å². The molecule has 2 heteroatoms. The van der Waals surface area contributed by atoms with E-state index in [2.05, 4.69) is 89.8 Å². The van der Waals surface area contributed by atoms with E-state index >= 15 is 0 Å². The lowest BCUT2D eigenvalue weighted by Gasteiger charge is -2.36. The SMILES string of the molecule is C1=CC(N(c2ccc(C3CC4CCC3C4)cc2)c2ccc(C34CC5CC(CC3C5)C4)cc2)Cc2c1oc1ccccc21. The highest BCUT2D eigenvalue weighted by molar-refractivity contribution is 5.86. The zero-order valence-electron chi connectivity index (χ0n) is 24.6. The molecule has 3 aromatic carbocycles. The van der Waals surface area contributed by atoms with Crippen LogP contribution in [0.15, 0.2) is 83.3 Å². The molecule has 6 bridgehead atoms. The van der Waals surface area contributed by atoms with Crippen molar-refractivity contribution in [3.8, 4) is 0 Å². The van der Waals surface area contributed by atoms with Crippen molar-refractivity contribution in [3.63, 3.8) is 0 Å². The van der Waals surface area contributed by atoms with E-state index in [9.17, 15) is 0 Å². The van der Waals surface area contributed by atoms with Gasteiger partial charge in [-0.15, -0.1) is 0 Å². The smallest absolute Gasteiger partial charge is 0.135 e. The summed E-state index contributed by atoms with van der Waals surface area (Å²) in [7, 11) is 0. The largest absolute Gasteiger partial charge is 0.456 e. The van der Waals surface area contributed by atoms with Crippen LogP contribution < -0.4 is 4.90 Å². The molecule has 42 heavy (non-hydrogen) atoms. The second-order valence-corrected chi connectivity index (χ2v) is 15.1. The highest BCUT2D eigenvalue weighted by Gasteiger charge is 2.58. The van der Waals surface area contributed by atoms with Gasteiger partial charge in [-0.05, 0) is 140 Å². The first-order chi connectivity index (χ1) is 20.7. The standard InChI is InChI=1S/C40H41NO/c1-2-4-38-35(3-1)37-22-34(15-16-39(37)42-38)41(32-11-7-28(8-12-32)36-21-25-5-6-29(36)18-25)33-13-9-30(10-14-33)40-23-26-17-27(24-40)20-31(40)19-26/h1-4,7-16,25-27,29,31,34,36H,5-6,17-24H2. The van der Waals surface area contributed by atoms with Crippen LogP contribution in [0.3, 0.4) is 0 Å². The minimum absolute atomic E-state index is 0.245. The fourth-order valence-corrected chi connectivity index (χ4v) is 11.4. The fourth-order valence-electron chi connectivity index (χ4n) is 11.4. The molecule has 4 aromatic rings. The molecule has 0 N–H and O–H groups in total. The molecule has 0 aliphatic heterocycles. The van der Waals surface area contributed by atoms with Gasteiger partial charge in [0.15, 0.2) is 0 Å². The van der Waals surface area contributed by atoms with Crippen molar-refractivity contribution in [1.29, 1.82) is 0 Å². The topological polar surface area (TPSA) is 16.4 Å². The summed E-state index contributed by atoms with van der Waals surface area (Å²) in [4.78, 5) is 2.60. The molecular weight excluding hydrogens is 510 g/mol. The van der Waals surface area contributed by atoms with Crippen LogP contribution in [-0.4, -0.2) is 6.04 Å². The number of rotatable bonds is 5. The van der Waals surface area contributed by atoms with E-state index in [4.69, 9.17) is 4.42 Å². The van der Waals surface area contributed by atoms with E-state index in [1.165, 1.54) is 80.1 Å².